The summed E-state index contributed by atoms with van der Waals surface area (Å²) in [5.41, 5.74) is -0.0730. The highest BCUT2D eigenvalue weighted by Crippen LogP contribution is 2.27. The van der Waals surface area contributed by atoms with Gasteiger partial charge in [-0.2, -0.15) is 0 Å². The van der Waals surface area contributed by atoms with Crippen molar-refractivity contribution in [2.24, 2.45) is 0 Å². The summed E-state index contributed by atoms with van der Waals surface area (Å²) in [5, 5.41) is 11.7. The average molecular weight is 319 g/mol. The Hall–Kier alpha value is -3.03. The number of hydrogen-bond acceptors (Lipinski definition) is 6. The number of nitrogens with zero attached hydrogens (tertiary/aromatic N) is 1. The molecule has 0 atom stereocenters. The molecule has 0 spiro atoms. The van der Waals surface area contributed by atoms with E-state index >= 15 is 0 Å². The lowest BCUT2D eigenvalue weighted by atomic mass is 10.1. The standard InChI is InChI=1S/C15H17N3O5/c1-22-11-4-3-9(7-12(11)23-2)5-6-16-15-17-8-10(14(20)21)13(19)18-15/h3-4,7-8H,5-6H2,1-2H3,(H,20,21)(H2,16,17,18,19). The number of hydrogen-bond donors (Lipinski definition) is 3. The molecule has 3 N–H and O–H groups in total. The van der Waals surface area contributed by atoms with Gasteiger partial charge in [0.2, 0.25) is 5.95 Å². The number of carboxylic acids is 1. The van der Waals surface area contributed by atoms with Gasteiger partial charge < -0.3 is 19.9 Å². The molecule has 0 aliphatic carbocycles. The fourth-order valence-corrected chi connectivity index (χ4v) is 2.00. The predicted molar refractivity (Wildman–Crippen MR) is 83.6 cm³/mol. The lowest BCUT2D eigenvalue weighted by Gasteiger charge is -2.10. The van der Waals surface area contributed by atoms with Gasteiger partial charge in [0.25, 0.3) is 5.56 Å². The number of aromatic carboxylic acids is 1. The van der Waals surface area contributed by atoms with E-state index in [9.17, 15) is 9.59 Å². The van der Waals surface area contributed by atoms with Crippen molar-refractivity contribution >= 4 is 11.9 Å². The Morgan fingerprint density at radius 1 is 1.30 bits per heavy atom. The lowest BCUT2D eigenvalue weighted by Crippen LogP contribution is -2.20. The van der Waals surface area contributed by atoms with Gasteiger partial charge in [0, 0.05) is 6.54 Å². The molecule has 0 bridgehead atoms. The second-order valence-corrected chi connectivity index (χ2v) is 4.65. The van der Waals surface area contributed by atoms with E-state index in [-0.39, 0.29) is 5.95 Å². The van der Waals surface area contributed by atoms with E-state index in [0.29, 0.717) is 24.5 Å². The van der Waals surface area contributed by atoms with Crippen LogP contribution in [0.2, 0.25) is 0 Å². The quantitative estimate of drug-likeness (QED) is 0.701. The second kappa shape index (κ2) is 7.30. The fraction of sp³-hybridized carbons (Fsp3) is 0.267. The number of aromatic nitrogens is 2. The number of benzene rings is 1. The van der Waals surface area contributed by atoms with Crippen LogP contribution in [0.25, 0.3) is 0 Å². The molecule has 8 heteroatoms. The molecule has 0 unspecified atom stereocenters. The molecule has 0 saturated heterocycles. The molecule has 0 saturated carbocycles. The number of nitrogens with one attached hydrogen (secondary N) is 2. The third-order valence-electron chi connectivity index (χ3n) is 3.18. The van der Waals surface area contributed by atoms with E-state index in [2.05, 4.69) is 15.3 Å². The van der Waals surface area contributed by atoms with Crippen molar-refractivity contribution in [3.05, 3.63) is 45.9 Å². The molecule has 0 radical (unpaired) electrons. The molecule has 1 aromatic heterocycles. The number of H-pyrrole nitrogens is 1. The van der Waals surface area contributed by atoms with Crippen molar-refractivity contribution in [3.8, 4) is 11.5 Å². The average Bonchev–Trinajstić information content (AvgIpc) is 2.54. The summed E-state index contributed by atoms with van der Waals surface area (Å²) < 4.78 is 10.4. The van der Waals surface area contributed by atoms with Crippen molar-refractivity contribution in [1.82, 2.24) is 9.97 Å². The predicted octanol–water partition coefficient (Wildman–Crippen LogP) is 1.14. The molecule has 23 heavy (non-hydrogen) atoms. The zero-order valence-electron chi connectivity index (χ0n) is 12.8. The van der Waals surface area contributed by atoms with Crippen molar-refractivity contribution in [2.75, 3.05) is 26.1 Å². The summed E-state index contributed by atoms with van der Waals surface area (Å²) >= 11 is 0. The van der Waals surface area contributed by atoms with Crippen LogP contribution in [0.5, 0.6) is 11.5 Å². The van der Waals surface area contributed by atoms with E-state index in [0.717, 1.165) is 11.8 Å². The molecule has 0 aliphatic rings. The van der Waals surface area contributed by atoms with Crippen molar-refractivity contribution in [2.45, 2.75) is 6.42 Å². The molecule has 122 valence electrons. The molecule has 8 nitrogen and oxygen atoms in total. The molecule has 0 aliphatic heterocycles. The minimum absolute atomic E-state index is 0.223. The highest BCUT2D eigenvalue weighted by Gasteiger charge is 2.09. The maximum absolute atomic E-state index is 11.5. The number of rotatable bonds is 7. The third kappa shape index (κ3) is 4.00. The van der Waals surface area contributed by atoms with Crippen LogP contribution in [0.15, 0.2) is 29.2 Å². The molecule has 1 aromatic carbocycles. The van der Waals surface area contributed by atoms with Crippen LogP contribution in [-0.4, -0.2) is 41.8 Å². The van der Waals surface area contributed by atoms with Gasteiger partial charge in [0.15, 0.2) is 11.5 Å². The Balaban J connectivity index is 1.98. The van der Waals surface area contributed by atoms with E-state index in [1.54, 1.807) is 14.2 Å². The molecule has 1 heterocycles. The van der Waals surface area contributed by atoms with Crippen LogP contribution in [0.1, 0.15) is 15.9 Å². The summed E-state index contributed by atoms with van der Waals surface area (Å²) in [5.74, 6) is 0.206. The zero-order valence-corrected chi connectivity index (χ0v) is 12.8. The molecule has 0 fully saturated rings. The normalized spacial score (nSPS) is 10.2. The van der Waals surface area contributed by atoms with E-state index in [1.165, 1.54) is 0 Å². The molecule has 2 rings (SSSR count). The van der Waals surface area contributed by atoms with Gasteiger partial charge in [-0.05, 0) is 24.1 Å². The van der Waals surface area contributed by atoms with Gasteiger partial charge in [-0.25, -0.2) is 9.78 Å². The van der Waals surface area contributed by atoms with Crippen LogP contribution in [0.3, 0.4) is 0 Å². The SMILES string of the molecule is COc1ccc(CCNc2ncc(C(=O)O)c(=O)[nH]2)cc1OC. The molecule has 0 amide bonds. The van der Waals surface area contributed by atoms with E-state index in [4.69, 9.17) is 14.6 Å². The summed E-state index contributed by atoms with van der Waals surface area (Å²) in [6, 6.07) is 5.59. The van der Waals surface area contributed by atoms with E-state index in [1.807, 2.05) is 18.2 Å². The van der Waals surface area contributed by atoms with Gasteiger partial charge in [-0.15, -0.1) is 0 Å². The fourth-order valence-electron chi connectivity index (χ4n) is 2.00. The Morgan fingerprint density at radius 3 is 2.65 bits per heavy atom. The molecular weight excluding hydrogens is 302 g/mol. The second-order valence-electron chi connectivity index (χ2n) is 4.65. The monoisotopic (exact) mass is 319 g/mol. The van der Waals surface area contributed by atoms with Crippen LogP contribution in [0.4, 0.5) is 5.95 Å². The maximum atomic E-state index is 11.5. The number of anilines is 1. The highest BCUT2D eigenvalue weighted by molar-refractivity contribution is 5.86. The highest BCUT2D eigenvalue weighted by atomic mass is 16.5. The van der Waals surface area contributed by atoms with Crippen LogP contribution in [-0.2, 0) is 6.42 Å². The first-order chi connectivity index (χ1) is 11.0. The number of ether oxygens (including phenoxy) is 2. The summed E-state index contributed by atoms with van der Waals surface area (Å²) in [7, 11) is 3.14. The van der Waals surface area contributed by atoms with Gasteiger partial charge in [-0.3, -0.25) is 9.78 Å². The first-order valence-corrected chi connectivity index (χ1v) is 6.82. The first-order valence-electron chi connectivity index (χ1n) is 6.82. The lowest BCUT2D eigenvalue weighted by molar-refractivity contribution is 0.0694. The summed E-state index contributed by atoms with van der Waals surface area (Å²) in [6.07, 6.45) is 1.69. The largest absolute Gasteiger partial charge is 0.493 e. The number of aromatic amines is 1. The minimum atomic E-state index is -1.31. The Labute approximate surface area is 132 Å². The van der Waals surface area contributed by atoms with Crippen LogP contribution in [0, 0.1) is 0 Å². The summed E-state index contributed by atoms with van der Waals surface area (Å²) in [6.45, 7) is 0.505. The summed E-state index contributed by atoms with van der Waals surface area (Å²) in [4.78, 5) is 28.5. The number of carboxylic acid groups (broad SMARTS) is 1. The molecular formula is C15H17N3O5. The van der Waals surface area contributed by atoms with Gasteiger partial charge in [-0.1, -0.05) is 6.07 Å². The Bertz CT molecular complexity index is 757. The molecule has 2 aromatic rings. The van der Waals surface area contributed by atoms with Crippen LogP contribution >= 0.6 is 0 Å². The van der Waals surface area contributed by atoms with Crippen LogP contribution < -0.4 is 20.3 Å². The van der Waals surface area contributed by atoms with Gasteiger partial charge >= 0.3 is 5.97 Å². The Kier molecular flexibility index (Phi) is 5.19. The van der Waals surface area contributed by atoms with E-state index < -0.39 is 17.1 Å². The maximum Gasteiger partial charge on any atom is 0.342 e. The number of carbonyl (C=O) groups is 1. The van der Waals surface area contributed by atoms with Crippen molar-refractivity contribution in [3.63, 3.8) is 0 Å². The van der Waals surface area contributed by atoms with Gasteiger partial charge in [0.1, 0.15) is 5.56 Å². The first kappa shape index (κ1) is 16.3. The van der Waals surface area contributed by atoms with Crippen molar-refractivity contribution < 1.29 is 19.4 Å². The number of methoxy groups -OCH3 is 2. The van der Waals surface area contributed by atoms with Gasteiger partial charge in [0.05, 0.1) is 20.4 Å². The minimum Gasteiger partial charge on any atom is -0.493 e. The zero-order chi connectivity index (χ0) is 16.8. The smallest absolute Gasteiger partial charge is 0.342 e. The topological polar surface area (TPSA) is 114 Å². The third-order valence-corrected chi connectivity index (χ3v) is 3.18. The Morgan fingerprint density at radius 2 is 2.04 bits per heavy atom. The van der Waals surface area contributed by atoms with Crippen molar-refractivity contribution in [1.29, 1.82) is 0 Å².